The maximum Gasteiger partial charge on any atom is 0.354 e. The summed E-state index contributed by atoms with van der Waals surface area (Å²) < 4.78 is 5.11. The zero-order valence-corrected chi connectivity index (χ0v) is 16.4. The Hall–Kier alpha value is -4.21. The predicted octanol–water partition coefficient (Wildman–Crippen LogP) is 3.07. The van der Waals surface area contributed by atoms with Gasteiger partial charge in [0.2, 0.25) is 11.6 Å². The van der Waals surface area contributed by atoms with E-state index in [-0.39, 0.29) is 17.3 Å². The van der Waals surface area contributed by atoms with E-state index in [0.29, 0.717) is 17.9 Å². The molecule has 3 aromatic rings. The lowest BCUT2D eigenvalue weighted by atomic mass is 10.1. The lowest BCUT2D eigenvalue weighted by molar-refractivity contribution is -0.383. The molecule has 0 bridgehead atoms. The van der Waals surface area contributed by atoms with Crippen LogP contribution in [0.4, 0.5) is 17.3 Å². The van der Waals surface area contributed by atoms with Gasteiger partial charge < -0.3 is 10.1 Å². The quantitative estimate of drug-likeness (QED) is 0.383. The summed E-state index contributed by atoms with van der Waals surface area (Å²) in [6.07, 6.45) is 1.17. The fraction of sp³-hybridized carbons (Fsp3) is 0.150. The number of hydrazine groups is 1. The van der Waals surface area contributed by atoms with Crippen LogP contribution in [0.5, 0.6) is 5.75 Å². The van der Waals surface area contributed by atoms with Crippen LogP contribution in [0.1, 0.15) is 21.5 Å². The van der Waals surface area contributed by atoms with Crippen LogP contribution in [0.25, 0.3) is 0 Å². The lowest BCUT2D eigenvalue weighted by Crippen LogP contribution is -2.30. The Labute approximate surface area is 172 Å². The molecule has 30 heavy (non-hydrogen) atoms. The molecule has 1 aromatic heterocycles. The highest BCUT2D eigenvalue weighted by atomic mass is 16.6. The number of nitrogens with zero attached hydrogens (tertiary/aromatic N) is 3. The number of anilines is 2. The molecule has 0 unspecified atom stereocenters. The fourth-order valence-corrected chi connectivity index (χ4v) is 2.71. The zero-order valence-electron chi connectivity index (χ0n) is 16.4. The molecule has 2 aromatic carbocycles. The number of aromatic nitrogens is 2. The van der Waals surface area contributed by atoms with Gasteiger partial charge in [-0.15, -0.1) is 0 Å². The van der Waals surface area contributed by atoms with Crippen LogP contribution in [-0.2, 0) is 6.54 Å². The number of hydrogen-bond donors (Lipinski definition) is 3. The molecule has 0 aliphatic rings. The van der Waals surface area contributed by atoms with Crippen LogP contribution in [0, 0.1) is 17.0 Å². The number of carbonyl (C=O) groups excluding carboxylic acids is 1. The van der Waals surface area contributed by atoms with Crippen molar-refractivity contribution in [1.82, 2.24) is 15.4 Å². The highest BCUT2D eigenvalue weighted by Gasteiger charge is 2.23. The Bertz CT molecular complexity index is 1060. The van der Waals surface area contributed by atoms with Crippen molar-refractivity contribution in [1.29, 1.82) is 0 Å². The normalized spacial score (nSPS) is 10.2. The van der Waals surface area contributed by atoms with E-state index >= 15 is 0 Å². The van der Waals surface area contributed by atoms with Gasteiger partial charge in [0.15, 0.2) is 0 Å². The molecule has 1 heterocycles. The van der Waals surface area contributed by atoms with Gasteiger partial charge >= 0.3 is 5.69 Å². The van der Waals surface area contributed by atoms with E-state index in [9.17, 15) is 14.9 Å². The zero-order chi connectivity index (χ0) is 21.5. The smallest absolute Gasteiger partial charge is 0.354 e. The van der Waals surface area contributed by atoms with Crippen LogP contribution < -0.4 is 20.9 Å². The Morgan fingerprint density at radius 2 is 1.80 bits per heavy atom. The van der Waals surface area contributed by atoms with E-state index in [0.717, 1.165) is 11.1 Å². The molecule has 154 valence electrons. The van der Waals surface area contributed by atoms with Gasteiger partial charge in [-0.2, -0.15) is 0 Å². The number of hydrogen-bond acceptors (Lipinski definition) is 8. The summed E-state index contributed by atoms with van der Waals surface area (Å²) in [6.45, 7) is 2.10. The third-order valence-corrected chi connectivity index (χ3v) is 4.31. The Balaban J connectivity index is 1.74. The molecule has 0 aliphatic heterocycles. The molecule has 0 fully saturated rings. The van der Waals surface area contributed by atoms with Gasteiger partial charge in [-0.25, -0.2) is 9.97 Å². The van der Waals surface area contributed by atoms with E-state index in [1.54, 1.807) is 44.4 Å². The van der Waals surface area contributed by atoms with Crippen molar-refractivity contribution in [3.05, 3.63) is 81.7 Å². The summed E-state index contributed by atoms with van der Waals surface area (Å²) in [7, 11) is 1.57. The summed E-state index contributed by atoms with van der Waals surface area (Å²) >= 11 is 0. The second kappa shape index (κ2) is 9.32. The Morgan fingerprint density at radius 3 is 2.47 bits per heavy atom. The topological polar surface area (TPSA) is 131 Å². The highest BCUT2D eigenvalue weighted by molar-refractivity contribution is 5.96. The number of nitro groups is 1. The monoisotopic (exact) mass is 408 g/mol. The summed E-state index contributed by atoms with van der Waals surface area (Å²) in [5, 5.41) is 14.6. The molecular weight excluding hydrogens is 388 g/mol. The summed E-state index contributed by atoms with van der Waals surface area (Å²) in [5.74, 6) is 0.170. The van der Waals surface area contributed by atoms with Gasteiger partial charge in [0, 0.05) is 12.1 Å². The first-order chi connectivity index (χ1) is 14.5. The van der Waals surface area contributed by atoms with E-state index < -0.39 is 10.8 Å². The first-order valence-electron chi connectivity index (χ1n) is 8.97. The molecule has 10 heteroatoms. The standard InChI is InChI=1S/C20H20N6O4/c1-13-5-3-4-6-16(13)20(27)25-24-19-17(26(28)29)18(22-12-23-19)21-11-14-7-9-15(30-2)10-8-14/h3-10,12H,11H2,1-2H3,(H,25,27)(H2,21,22,23,24). The van der Waals surface area contributed by atoms with Crippen molar-refractivity contribution >= 4 is 23.2 Å². The van der Waals surface area contributed by atoms with Crippen molar-refractivity contribution in [2.24, 2.45) is 0 Å². The molecule has 3 N–H and O–H groups in total. The maximum atomic E-state index is 12.4. The molecule has 1 amide bonds. The number of methoxy groups -OCH3 is 1. The van der Waals surface area contributed by atoms with Gasteiger partial charge in [-0.3, -0.25) is 25.8 Å². The first kappa shape index (κ1) is 20.5. The first-order valence-corrected chi connectivity index (χ1v) is 8.97. The van der Waals surface area contributed by atoms with Crippen molar-refractivity contribution in [3.63, 3.8) is 0 Å². The predicted molar refractivity (Wildman–Crippen MR) is 111 cm³/mol. The van der Waals surface area contributed by atoms with Gasteiger partial charge in [0.05, 0.1) is 12.0 Å². The van der Waals surface area contributed by atoms with E-state index in [1.165, 1.54) is 6.33 Å². The van der Waals surface area contributed by atoms with E-state index in [4.69, 9.17) is 4.74 Å². The number of ether oxygens (including phenoxy) is 1. The van der Waals surface area contributed by atoms with Crippen molar-refractivity contribution in [2.45, 2.75) is 13.5 Å². The van der Waals surface area contributed by atoms with Crippen molar-refractivity contribution in [3.8, 4) is 5.75 Å². The number of aryl methyl sites for hydroxylation is 1. The van der Waals surface area contributed by atoms with E-state index in [2.05, 4.69) is 26.1 Å². The van der Waals surface area contributed by atoms with Crippen molar-refractivity contribution in [2.75, 3.05) is 17.9 Å². The average Bonchev–Trinajstić information content (AvgIpc) is 2.76. The largest absolute Gasteiger partial charge is 0.497 e. The minimum absolute atomic E-state index is 0.0264. The third-order valence-electron chi connectivity index (χ3n) is 4.31. The van der Waals surface area contributed by atoms with E-state index in [1.807, 2.05) is 18.2 Å². The summed E-state index contributed by atoms with van der Waals surface area (Å²) in [6, 6.07) is 14.2. The Morgan fingerprint density at radius 1 is 1.10 bits per heavy atom. The number of nitrogens with one attached hydrogen (secondary N) is 3. The molecule has 0 spiro atoms. The SMILES string of the molecule is COc1ccc(CNc2ncnc(NNC(=O)c3ccccc3C)c2[N+](=O)[O-])cc1. The molecular formula is C20H20N6O4. The van der Waals surface area contributed by atoms with Gasteiger partial charge in [0.1, 0.15) is 12.1 Å². The summed E-state index contributed by atoms with van der Waals surface area (Å²) in [4.78, 5) is 31.2. The third kappa shape index (κ3) is 4.79. The minimum atomic E-state index is -0.612. The van der Waals surface area contributed by atoms with Crippen LogP contribution in [0.3, 0.4) is 0 Å². The highest BCUT2D eigenvalue weighted by Crippen LogP contribution is 2.28. The minimum Gasteiger partial charge on any atom is -0.497 e. The van der Waals surface area contributed by atoms with Crippen LogP contribution >= 0.6 is 0 Å². The average molecular weight is 408 g/mol. The van der Waals surface area contributed by atoms with Crippen LogP contribution in [0.2, 0.25) is 0 Å². The maximum absolute atomic E-state index is 12.4. The molecule has 0 aliphatic carbocycles. The molecule has 0 atom stereocenters. The number of amides is 1. The number of benzene rings is 2. The molecule has 0 saturated carbocycles. The van der Waals surface area contributed by atoms with Crippen LogP contribution in [-0.4, -0.2) is 27.9 Å². The molecule has 0 radical (unpaired) electrons. The molecule has 3 rings (SSSR count). The number of rotatable bonds is 8. The second-order valence-electron chi connectivity index (χ2n) is 6.27. The second-order valence-corrected chi connectivity index (χ2v) is 6.27. The van der Waals surface area contributed by atoms with Gasteiger partial charge in [-0.05, 0) is 36.2 Å². The summed E-state index contributed by atoms with van der Waals surface area (Å²) in [5.41, 5.74) is 6.68. The van der Waals surface area contributed by atoms with Gasteiger partial charge in [-0.1, -0.05) is 30.3 Å². The van der Waals surface area contributed by atoms with Crippen molar-refractivity contribution < 1.29 is 14.5 Å². The Kier molecular flexibility index (Phi) is 6.38. The number of carbonyl (C=O) groups is 1. The lowest BCUT2D eigenvalue weighted by Gasteiger charge is -2.12. The van der Waals surface area contributed by atoms with Crippen LogP contribution in [0.15, 0.2) is 54.9 Å². The van der Waals surface area contributed by atoms with Gasteiger partial charge in [0.25, 0.3) is 5.91 Å². The molecule has 0 saturated heterocycles. The fourth-order valence-electron chi connectivity index (χ4n) is 2.71. The molecule has 10 nitrogen and oxygen atoms in total.